The van der Waals surface area contributed by atoms with Gasteiger partial charge in [0, 0.05) is 19.0 Å². The van der Waals surface area contributed by atoms with Crippen molar-refractivity contribution in [2.45, 2.75) is 57.5 Å². The molecule has 0 aromatic heterocycles. The molecule has 1 unspecified atom stereocenters. The molecular weight excluding hydrogens is 305 g/mol. The van der Waals surface area contributed by atoms with Gasteiger partial charge < -0.3 is 10.0 Å². The van der Waals surface area contributed by atoms with Gasteiger partial charge in [-0.05, 0) is 75.0 Å². The SMILES string of the molecule is O=C(C1CCC(O)CC1)N1CCCC(CCc2ccc(F)cc2)C1. The molecule has 1 N–H and O–H groups in total. The molecule has 1 saturated heterocycles. The minimum absolute atomic E-state index is 0.115. The van der Waals surface area contributed by atoms with E-state index in [1.54, 1.807) is 0 Å². The summed E-state index contributed by atoms with van der Waals surface area (Å²) in [5.74, 6) is 0.769. The molecule has 1 aromatic rings. The number of amides is 1. The lowest BCUT2D eigenvalue weighted by molar-refractivity contribution is -0.139. The summed E-state index contributed by atoms with van der Waals surface area (Å²) >= 11 is 0. The van der Waals surface area contributed by atoms with Crippen molar-refractivity contribution in [1.82, 2.24) is 4.90 Å². The molecule has 1 saturated carbocycles. The molecule has 2 fully saturated rings. The molecule has 3 rings (SSSR count). The molecule has 2 aliphatic rings. The number of aliphatic hydroxyl groups excluding tert-OH is 1. The minimum atomic E-state index is -0.209. The number of halogens is 1. The van der Waals surface area contributed by atoms with Gasteiger partial charge in [0.25, 0.3) is 0 Å². The summed E-state index contributed by atoms with van der Waals surface area (Å²) in [6, 6.07) is 6.75. The first kappa shape index (κ1) is 17.4. The Hall–Kier alpha value is -1.42. The normalized spacial score (nSPS) is 27.9. The van der Waals surface area contributed by atoms with Gasteiger partial charge in [-0.15, -0.1) is 0 Å². The van der Waals surface area contributed by atoms with E-state index in [4.69, 9.17) is 0 Å². The highest BCUT2D eigenvalue weighted by atomic mass is 19.1. The Morgan fingerprint density at radius 1 is 1.12 bits per heavy atom. The van der Waals surface area contributed by atoms with Crippen LogP contribution in [0.3, 0.4) is 0 Å². The highest BCUT2D eigenvalue weighted by Crippen LogP contribution is 2.29. The Bertz CT molecular complexity index is 537. The fraction of sp³-hybridized carbons (Fsp3) is 0.650. The number of benzene rings is 1. The number of aryl methyl sites for hydroxylation is 1. The predicted molar refractivity (Wildman–Crippen MR) is 92.0 cm³/mol. The first-order valence-corrected chi connectivity index (χ1v) is 9.33. The number of hydrogen-bond donors (Lipinski definition) is 1. The van der Waals surface area contributed by atoms with Gasteiger partial charge in [0.05, 0.1) is 6.10 Å². The molecular formula is C20H28FNO2. The number of rotatable bonds is 4. The van der Waals surface area contributed by atoms with Crippen LogP contribution in [0.4, 0.5) is 4.39 Å². The van der Waals surface area contributed by atoms with Crippen LogP contribution in [-0.4, -0.2) is 35.1 Å². The molecule has 1 aliphatic carbocycles. The predicted octanol–water partition coefficient (Wildman–Crippen LogP) is 3.55. The summed E-state index contributed by atoms with van der Waals surface area (Å²) < 4.78 is 13.0. The maximum atomic E-state index is 13.0. The maximum Gasteiger partial charge on any atom is 0.225 e. The number of carbonyl (C=O) groups is 1. The van der Waals surface area contributed by atoms with E-state index < -0.39 is 0 Å². The second kappa shape index (κ2) is 8.11. The molecule has 1 heterocycles. The standard InChI is InChI=1S/C20H28FNO2/c21-18-9-5-15(6-10-18)3-4-16-2-1-13-22(14-16)20(24)17-7-11-19(23)12-8-17/h5-6,9-10,16-17,19,23H,1-4,7-8,11-14H2. The van der Waals surface area contributed by atoms with Crippen molar-refractivity contribution in [2.24, 2.45) is 11.8 Å². The number of hydrogen-bond acceptors (Lipinski definition) is 2. The van der Waals surface area contributed by atoms with Crippen LogP contribution in [0.15, 0.2) is 24.3 Å². The summed E-state index contributed by atoms with van der Waals surface area (Å²) in [6.45, 7) is 1.74. The number of nitrogens with zero attached hydrogens (tertiary/aromatic N) is 1. The van der Waals surface area contributed by atoms with Gasteiger partial charge in [-0.25, -0.2) is 4.39 Å². The first-order chi connectivity index (χ1) is 11.6. The Kier molecular flexibility index (Phi) is 5.88. The van der Waals surface area contributed by atoms with Gasteiger partial charge in [-0.3, -0.25) is 4.79 Å². The molecule has 0 bridgehead atoms. The second-order valence-corrected chi connectivity index (χ2v) is 7.46. The Balaban J connectivity index is 1.48. The average Bonchev–Trinajstić information content (AvgIpc) is 2.61. The monoisotopic (exact) mass is 333 g/mol. The smallest absolute Gasteiger partial charge is 0.225 e. The number of piperidine rings is 1. The summed E-state index contributed by atoms with van der Waals surface area (Å²) in [4.78, 5) is 14.8. The summed E-state index contributed by atoms with van der Waals surface area (Å²) in [7, 11) is 0. The molecule has 1 amide bonds. The van der Waals surface area contributed by atoms with E-state index in [1.807, 2.05) is 12.1 Å². The second-order valence-electron chi connectivity index (χ2n) is 7.46. The van der Waals surface area contributed by atoms with Crippen molar-refractivity contribution in [3.05, 3.63) is 35.6 Å². The highest BCUT2D eigenvalue weighted by Gasteiger charge is 2.31. The fourth-order valence-corrected chi connectivity index (χ4v) is 4.10. The lowest BCUT2D eigenvalue weighted by atomic mass is 9.85. The van der Waals surface area contributed by atoms with E-state index in [9.17, 15) is 14.3 Å². The van der Waals surface area contributed by atoms with Crippen LogP contribution in [0, 0.1) is 17.7 Å². The van der Waals surface area contributed by atoms with Crippen LogP contribution in [-0.2, 0) is 11.2 Å². The zero-order chi connectivity index (χ0) is 16.9. The topological polar surface area (TPSA) is 40.5 Å². The third-order valence-corrected chi connectivity index (χ3v) is 5.63. The third kappa shape index (κ3) is 4.56. The number of carbonyl (C=O) groups excluding carboxylic acids is 1. The Morgan fingerprint density at radius 3 is 2.54 bits per heavy atom. The maximum absolute atomic E-state index is 13.0. The fourth-order valence-electron chi connectivity index (χ4n) is 4.10. The van der Waals surface area contributed by atoms with Crippen molar-refractivity contribution in [1.29, 1.82) is 0 Å². The van der Waals surface area contributed by atoms with Crippen molar-refractivity contribution in [3.8, 4) is 0 Å². The van der Waals surface area contributed by atoms with E-state index >= 15 is 0 Å². The highest BCUT2D eigenvalue weighted by molar-refractivity contribution is 5.79. The van der Waals surface area contributed by atoms with Gasteiger partial charge in [-0.2, -0.15) is 0 Å². The van der Waals surface area contributed by atoms with E-state index in [-0.39, 0.29) is 17.8 Å². The Labute approximate surface area is 143 Å². The molecule has 4 heteroatoms. The van der Waals surface area contributed by atoms with Gasteiger partial charge in [-0.1, -0.05) is 12.1 Å². The van der Waals surface area contributed by atoms with Crippen LogP contribution < -0.4 is 0 Å². The minimum Gasteiger partial charge on any atom is -0.393 e. The molecule has 3 nitrogen and oxygen atoms in total. The average molecular weight is 333 g/mol. The first-order valence-electron chi connectivity index (χ1n) is 9.33. The van der Waals surface area contributed by atoms with Gasteiger partial charge in [0.1, 0.15) is 5.82 Å². The molecule has 1 atom stereocenters. The van der Waals surface area contributed by atoms with Gasteiger partial charge >= 0.3 is 0 Å². The van der Waals surface area contributed by atoms with E-state index in [0.29, 0.717) is 11.8 Å². The number of aliphatic hydroxyl groups is 1. The molecule has 132 valence electrons. The molecule has 24 heavy (non-hydrogen) atoms. The number of likely N-dealkylation sites (tertiary alicyclic amines) is 1. The van der Waals surface area contributed by atoms with E-state index in [1.165, 1.54) is 24.1 Å². The lowest BCUT2D eigenvalue weighted by Crippen LogP contribution is -2.44. The molecule has 0 radical (unpaired) electrons. The van der Waals surface area contributed by atoms with Crippen molar-refractivity contribution >= 4 is 5.91 Å². The van der Waals surface area contributed by atoms with Gasteiger partial charge in [0.15, 0.2) is 0 Å². The molecule has 0 spiro atoms. The zero-order valence-corrected chi connectivity index (χ0v) is 14.3. The van der Waals surface area contributed by atoms with Crippen LogP contribution in [0.25, 0.3) is 0 Å². The van der Waals surface area contributed by atoms with Crippen LogP contribution in [0.1, 0.15) is 50.5 Å². The van der Waals surface area contributed by atoms with Crippen LogP contribution in [0.2, 0.25) is 0 Å². The molecule has 1 aromatic carbocycles. The summed E-state index contributed by atoms with van der Waals surface area (Å²) in [5.41, 5.74) is 1.17. The lowest BCUT2D eigenvalue weighted by Gasteiger charge is -2.36. The van der Waals surface area contributed by atoms with Gasteiger partial charge in [0.2, 0.25) is 5.91 Å². The quantitative estimate of drug-likeness (QED) is 0.915. The van der Waals surface area contributed by atoms with Crippen LogP contribution in [0.5, 0.6) is 0 Å². The van der Waals surface area contributed by atoms with E-state index in [2.05, 4.69) is 4.90 Å². The third-order valence-electron chi connectivity index (χ3n) is 5.63. The summed E-state index contributed by atoms with van der Waals surface area (Å²) in [6.07, 6.45) is 7.23. The van der Waals surface area contributed by atoms with E-state index in [0.717, 1.165) is 58.0 Å². The Morgan fingerprint density at radius 2 is 1.83 bits per heavy atom. The van der Waals surface area contributed by atoms with Crippen LogP contribution >= 0.6 is 0 Å². The zero-order valence-electron chi connectivity index (χ0n) is 14.3. The molecule has 1 aliphatic heterocycles. The summed E-state index contributed by atoms with van der Waals surface area (Å²) in [5, 5.41) is 9.61. The van der Waals surface area contributed by atoms with Crippen molar-refractivity contribution < 1.29 is 14.3 Å². The van der Waals surface area contributed by atoms with Crippen molar-refractivity contribution in [2.75, 3.05) is 13.1 Å². The largest absolute Gasteiger partial charge is 0.393 e. The van der Waals surface area contributed by atoms with Crippen molar-refractivity contribution in [3.63, 3.8) is 0 Å².